The lowest BCUT2D eigenvalue weighted by molar-refractivity contribution is 0.305. The Balaban J connectivity index is 2.02. The molecule has 1 heterocycles. The Morgan fingerprint density at radius 2 is 2.12 bits per heavy atom. The maximum Gasteiger partial charge on any atom is 0.138 e. The van der Waals surface area contributed by atoms with Crippen LogP contribution in [-0.4, -0.2) is 4.98 Å². The highest BCUT2D eigenvalue weighted by atomic mass is 35.5. The van der Waals surface area contributed by atoms with Gasteiger partial charge in [0.1, 0.15) is 18.2 Å². The van der Waals surface area contributed by atoms with Crippen molar-refractivity contribution in [3.05, 3.63) is 52.7 Å². The molecule has 0 unspecified atom stereocenters. The fraction of sp³-hybridized carbons (Fsp3) is 0.154. The average Bonchev–Trinajstić information content (AvgIpc) is 2.33. The first-order chi connectivity index (χ1) is 8.15. The second-order valence-electron chi connectivity index (χ2n) is 3.79. The van der Waals surface area contributed by atoms with Gasteiger partial charge in [0, 0.05) is 5.02 Å². The number of halogens is 1. The summed E-state index contributed by atoms with van der Waals surface area (Å²) in [5.41, 5.74) is 7.61. The first-order valence-electron chi connectivity index (χ1n) is 5.24. The van der Waals surface area contributed by atoms with Crippen molar-refractivity contribution in [3.63, 3.8) is 0 Å². The highest BCUT2D eigenvalue weighted by Gasteiger charge is 1.99. The summed E-state index contributed by atoms with van der Waals surface area (Å²) in [6, 6.07) is 9.33. The Kier molecular flexibility index (Phi) is 3.49. The van der Waals surface area contributed by atoms with Gasteiger partial charge in [-0.3, -0.25) is 0 Å². The third kappa shape index (κ3) is 3.11. The topological polar surface area (TPSA) is 48.1 Å². The SMILES string of the molecule is Cc1cc(COc2ccc(N)nc2)ccc1Cl. The quantitative estimate of drug-likeness (QED) is 0.907. The van der Waals surface area contributed by atoms with Crippen LogP contribution >= 0.6 is 11.6 Å². The van der Waals surface area contributed by atoms with Gasteiger partial charge in [0.25, 0.3) is 0 Å². The zero-order valence-corrected chi connectivity index (χ0v) is 10.2. The summed E-state index contributed by atoms with van der Waals surface area (Å²) in [4.78, 5) is 3.95. The monoisotopic (exact) mass is 248 g/mol. The molecule has 88 valence electrons. The third-order valence-corrected chi connectivity index (χ3v) is 2.81. The molecule has 0 radical (unpaired) electrons. The summed E-state index contributed by atoms with van der Waals surface area (Å²) in [7, 11) is 0. The average molecular weight is 249 g/mol. The van der Waals surface area contributed by atoms with E-state index in [0.717, 1.165) is 16.1 Å². The van der Waals surface area contributed by atoms with Crippen molar-refractivity contribution in [1.82, 2.24) is 4.98 Å². The molecule has 0 aliphatic heterocycles. The minimum Gasteiger partial charge on any atom is -0.487 e. The van der Waals surface area contributed by atoms with Crippen LogP contribution < -0.4 is 10.5 Å². The molecule has 2 aromatic rings. The number of nitrogens with two attached hydrogens (primary N) is 1. The summed E-state index contributed by atoms with van der Waals surface area (Å²) in [5.74, 6) is 1.19. The maximum atomic E-state index is 5.95. The van der Waals surface area contributed by atoms with Crippen LogP contribution in [-0.2, 0) is 6.61 Å². The van der Waals surface area contributed by atoms with Gasteiger partial charge in [-0.2, -0.15) is 0 Å². The van der Waals surface area contributed by atoms with E-state index in [0.29, 0.717) is 18.2 Å². The van der Waals surface area contributed by atoms with Crippen LogP contribution in [0.2, 0.25) is 5.02 Å². The number of hydrogen-bond donors (Lipinski definition) is 1. The van der Waals surface area contributed by atoms with Crippen LogP contribution in [0.4, 0.5) is 5.82 Å². The summed E-state index contributed by atoms with van der Waals surface area (Å²) >= 11 is 5.95. The molecule has 0 saturated heterocycles. The Morgan fingerprint density at radius 1 is 1.29 bits per heavy atom. The van der Waals surface area contributed by atoms with E-state index in [1.165, 1.54) is 0 Å². The van der Waals surface area contributed by atoms with Crippen molar-refractivity contribution < 1.29 is 4.74 Å². The predicted octanol–water partition coefficient (Wildman–Crippen LogP) is 3.20. The molecule has 2 N–H and O–H groups in total. The molecule has 1 aromatic carbocycles. The molecule has 0 aliphatic carbocycles. The van der Waals surface area contributed by atoms with E-state index in [-0.39, 0.29) is 0 Å². The van der Waals surface area contributed by atoms with E-state index in [1.54, 1.807) is 18.3 Å². The first-order valence-corrected chi connectivity index (χ1v) is 5.62. The van der Waals surface area contributed by atoms with Gasteiger partial charge in [-0.15, -0.1) is 0 Å². The fourth-order valence-corrected chi connectivity index (χ4v) is 1.56. The molecule has 4 heteroatoms. The van der Waals surface area contributed by atoms with Crippen molar-refractivity contribution in [1.29, 1.82) is 0 Å². The van der Waals surface area contributed by atoms with E-state index in [9.17, 15) is 0 Å². The molecule has 0 fully saturated rings. The summed E-state index contributed by atoms with van der Waals surface area (Å²) in [6.45, 7) is 2.46. The van der Waals surface area contributed by atoms with Crippen molar-refractivity contribution >= 4 is 17.4 Å². The number of pyridine rings is 1. The number of aryl methyl sites for hydroxylation is 1. The van der Waals surface area contributed by atoms with E-state index in [2.05, 4.69) is 4.98 Å². The normalized spacial score (nSPS) is 10.2. The summed E-state index contributed by atoms with van der Waals surface area (Å²) < 4.78 is 5.58. The molecule has 2 rings (SSSR count). The van der Waals surface area contributed by atoms with E-state index in [1.807, 2.05) is 25.1 Å². The van der Waals surface area contributed by atoms with Gasteiger partial charge < -0.3 is 10.5 Å². The number of anilines is 1. The van der Waals surface area contributed by atoms with Gasteiger partial charge in [-0.05, 0) is 36.2 Å². The Hall–Kier alpha value is -1.74. The van der Waals surface area contributed by atoms with Crippen LogP contribution in [0.1, 0.15) is 11.1 Å². The van der Waals surface area contributed by atoms with Crippen LogP contribution in [0.25, 0.3) is 0 Å². The minimum atomic E-state index is 0.486. The standard InChI is InChI=1S/C13H13ClN2O/c1-9-6-10(2-4-12(9)14)8-17-11-3-5-13(15)16-7-11/h2-7H,8H2,1H3,(H2,15,16). The number of ether oxygens (including phenoxy) is 1. The molecule has 17 heavy (non-hydrogen) atoms. The Morgan fingerprint density at radius 3 is 2.76 bits per heavy atom. The summed E-state index contributed by atoms with van der Waals surface area (Å²) in [5, 5.41) is 0.767. The molecule has 1 aromatic heterocycles. The lowest BCUT2D eigenvalue weighted by atomic mass is 10.1. The molecule has 0 amide bonds. The molecule has 0 saturated carbocycles. The van der Waals surface area contributed by atoms with Gasteiger partial charge in [0.05, 0.1) is 6.20 Å². The number of nitrogens with zero attached hydrogens (tertiary/aromatic N) is 1. The van der Waals surface area contributed by atoms with Gasteiger partial charge in [-0.25, -0.2) is 4.98 Å². The van der Waals surface area contributed by atoms with Crippen molar-refractivity contribution in [3.8, 4) is 5.75 Å². The van der Waals surface area contributed by atoms with Crippen LogP contribution in [0.5, 0.6) is 5.75 Å². The van der Waals surface area contributed by atoms with Crippen LogP contribution in [0, 0.1) is 6.92 Å². The largest absolute Gasteiger partial charge is 0.487 e. The van der Waals surface area contributed by atoms with Crippen LogP contribution in [0.15, 0.2) is 36.5 Å². The number of rotatable bonds is 3. The molecular weight excluding hydrogens is 236 g/mol. The molecular formula is C13H13ClN2O. The summed E-state index contributed by atoms with van der Waals surface area (Å²) in [6.07, 6.45) is 1.61. The van der Waals surface area contributed by atoms with Gasteiger partial charge >= 0.3 is 0 Å². The minimum absolute atomic E-state index is 0.486. The van der Waals surface area contributed by atoms with Gasteiger partial charge in [-0.1, -0.05) is 23.7 Å². The fourth-order valence-electron chi connectivity index (χ4n) is 1.44. The second kappa shape index (κ2) is 5.06. The van der Waals surface area contributed by atoms with E-state index < -0.39 is 0 Å². The van der Waals surface area contributed by atoms with Crippen molar-refractivity contribution in [2.75, 3.05) is 5.73 Å². The number of nitrogen functional groups attached to an aromatic ring is 1. The van der Waals surface area contributed by atoms with Crippen molar-refractivity contribution in [2.24, 2.45) is 0 Å². The van der Waals surface area contributed by atoms with Crippen LogP contribution in [0.3, 0.4) is 0 Å². The van der Waals surface area contributed by atoms with Gasteiger partial charge in [0.15, 0.2) is 0 Å². The smallest absolute Gasteiger partial charge is 0.138 e. The zero-order valence-electron chi connectivity index (χ0n) is 9.48. The van der Waals surface area contributed by atoms with E-state index >= 15 is 0 Å². The molecule has 0 bridgehead atoms. The zero-order chi connectivity index (χ0) is 12.3. The highest BCUT2D eigenvalue weighted by molar-refractivity contribution is 6.31. The Bertz CT molecular complexity index is 511. The number of benzene rings is 1. The molecule has 0 aliphatic rings. The lowest BCUT2D eigenvalue weighted by Gasteiger charge is -2.07. The highest BCUT2D eigenvalue weighted by Crippen LogP contribution is 2.18. The lowest BCUT2D eigenvalue weighted by Crippen LogP contribution is -1.97. The number of hydrogen-bond acceptors (Lipinski definition) is 3. The molecule has 0 atom stereocenters. The first kappa shape index (κ1) is 11.7. The maximum absolute atomic E-state index is 5.95. The third-order valence-electron chi connectivity index (χ3n) is 2.39. The molecule has 3 nitrogen and oxygen atoms in total. The van der Waals surface area contributed by atoms with E-state index in [4.69, 9.17) is 22.1 Å². The Labute approximate surface area is 105 Å². The predicted molar refractivity (Wildman–Crippen MR) is 69.2 cm³/mol. The molecule has 0 spiro atoms. The second-order valence-corrected chi connectivity index (χ2v) is 4.20. The van der Waals surface area contributed by atoms with Gasteiger partial charge in [0.2, 0.25) is 0 Å². The van der Waals surface area contributed by atoms with Crippen molar-refractivity contribution in [2.45, 2.75) is 13.5 Å². The number of aromatic nitrogens is 1.